The number of aromatic nitrogens is 1. The van der Waals surface area contributed by atoms with Crippen LogP contribution in [0.2, 0.25) is 0 Å². The maximum atomic E-state index is 12.5. The Morgan fingerprint density at radius 2 is 1.85 bits per heavy atom. The summed E-state index contributed by atoms with van der Waals surface area (Å²) in [5.41, 5.74) is 0.611. The summed E-state index contributed by atoms with van der Waals surface area (Å²) in [7, 11) is 1.87. The third-order valence-electron chi connectivity index (χ3n) is 3.20. The van der Waals surface area contributed by atoms with Gasteiger partial charge in [-0.2, -0.15) is 4.31 Å². The van der Waals surface area contributed by atoms with E-state index in [0.29, 0.717) is 18.8 Å². The van der Waals surface area contributed by atoms with Crippen LogP contribution in [0.1, 0.15) is 25.6 Å². The summed E-state index contributed by atoms with van der Waals surface area (Å²) in [4.78, 5) is 2.17. The van der Waals surface area contributed by atoms with Crippen molar-refractivity contribution in [1.29, 1.82) is 0 Å². The number of nitrogens with zero attached hydrogens (tertiary/aromatic N) is 3. The molecule has 0 fully saturated rings. The molecule has 1 rings (SSSR count). The zero-order chi connectivity index (χ0) is 15.5. The first-order chi connectivity index (χ1) is 9.20. The van der Waals surface area contributed by atoms with E-state index in [1.165, 1.54) is 4.31 Å². The zero-order valence-electron chi connectivity index (χ0n) is 12.9. The average Bonchev–Trinajstić information content (AvgIpc) is 2.80. The Morgan fingerprint density at radius 1 is 1.25 bits per heavy atom. The highest BCUT2D eigenvalue weighted by Gasteiger charge is 2.23. The SMILES string of the molecule is CC(C)n1cc(S(=O)(=O)N(C)CCN(C)C)cc1CO. The second kappa shape index (κ2) is 6.71. The van der Waals surface area contributed by atoms with Crippen LogP contribution in [0.15, 0.2) is 17.2 Å². The van der Waals surface area contributed by atoms with E-state index >= 15 is 0 Å². The Bertz CT molecular complexity index is 535. The highest BCUT2D eigenvalue weighted by atomic mass is 32.2. The number of hydrogen-bond acceptors (Lipinski definition) is 4. The molecule has 0 unspecified atom stereocenters. The fraction of sp³-hybridized carbons (Fsp3) is 0.692. The molecule has 0 atom stereocenters. The highest BCUT2D eigenvalue weighted by Crippen LogP contribution is 2.21. The molecule has 0 bridgehead atoms. The zero-order valence-corrected chi connectivity index (χ0v) is 13.7. The van der Waals surface area contributed by atoms with Crippen molar-refractivity contribution in [1.82, 2.24) is 13.8 Å². The van der Waals surface area contributed by atoms with Crippen molar-refractivity contribution in [2.45, 2.75) is 31.4 Å². The molecule has 0 spiro atoms. The van der Waals surface area contributed by atoms with Gasteiger partial charge in [-0.15, -0.1) is 0 Å². The summed E-state index contributed by atoms with van der Waals surface area (Å²) < 4.78 is 28.0. The van der Waals surface area contributed by atoms with Gasteiger partial charge in [-0.25, -0.2) is 8.42 Å². The van der Waals surface area contributed by atoms with Crippen LogP contribution in [-0.2, 0) is 16.6 Å². The fourth-order valence-corrected chi connectivity index (χ4v) is 3.10. The van der Waals surface area contributed by atoms with E-state index in [4.69, 9.17) is 0 Å². The molecule has 6 nitrogen and oxygen atoms in total. The molecule has 0 aromatic carbocycles. The van der Waals surface area contributed by atoms with E-state index in [1.807, 2.05) is 32.8 Å². The van der Waals surface area contributed by atoms with Crippen molar-refractivity contribution in [2.75, 3.05) is 34.2 Å². The molecule has 0 saturated heterocycles. The minimum atomic E-state index is -3.51. The van der Waals surface area contributed by atoms with Gasteiger partial charge >= 0.3 is 0 Å². The molecular weight excluding hydrogens is 278 g/mol. The lowest BCUT2D eigenvalue weighted by Gasteiger charge is -2.18. The van der Waals surface area contributed by atoms with Gasteiger partial charge in [-0.3, -0.25) is 0 Å². The molecule has 1 aromatic heterocycles. The monoisotopic (exact) mass is 303 g/mol. The molecule has 20 heavy (non-hydrogen) atoms. The normalized spacial score (nSPS) is 12.8. The lowest BCUT2D eigenvalue weighted by molar-refractivity contribution is 0.268. The highest BCUT2D eigenvalue weighted by molar-refractivity contribution is 7.89. The predicted molar refractivity (Wildman–Crippen MR) is 79.1 cm³/mol. The molecule has 0 amide bonds. The minimum Gasteiger partial charge on any atom is -0.390 e. The first-order valence-electron chi connectivity index (χ1n) is 6.62. The van der Waals surface area contributed by atoms with E-state index in [-0.39, 0.29) is 17.5 Å². The van der Waals surface area contributed by atoms with E-state index in [0.717, 1.165) is 0 Å². The van der Waals surface area contributed by atoms with Crippen molar-refractivity contribution < 1.29 is 13.5 Å². The number of aliphatic hydroxyl groups is 1. The summed E-state index contributed by atoms with van der Waals surface area (Å²) in [6.07, 6.45) is 1.59. The third kappa shape index (κ3) is 3.82. The molecule has 1 heterocycles. The predicted octanol–water partition coefficient (Wildman–Crippen LogP) is 0.743. The van der Waals surface area contributed by atoms with Crippen LogP contribution >= 0.6 is 0 Å². The van der Waals surface area contributed by atoms with E-state index in [9.17, 15) is 13.5 Å². The van der Waals surface area contributed by atoms with Gasteiger partial charge in [0.2, 0.25) is 10.0 Å². The summed E-state index contributed by atoms with van der Waals surface area (Å²) in [6.45, 7) is 4.82. The summed E-state index contributed by atoms with van der Waals surface area (Å²) in [5.74, 6) is 0. The number of likely N-dealkylation sites (N-methyl/N-ethyl adjacent to an activating group) is 2. The standard InChI is InChI=1S/C13H25N3O3S/c1-11(2)16-9-13(8-12(16)10-17)20(18,19)15(5)7-6-14(3)4/h8-9,11,17H,6-7,10H2,1-5H3. The van der Waals surface area contributed by atoms with Crippen LogP contribution < -0.4 is 0 Å². The van der Waals surface area contributed by atoms with E-state index < -0.39 is 10.0 Å². The van der Waals surface area contributed by atoms with Gasteiger partial charge < -0.3 is 14.6 Å². The second-order valence-electron chi connectivity index (χ2n) is 5.46. The molecule has 0 aliphatic rings. The van der Waals surface area contributed by atoms with Gasteiger partial charge in [0.1, 0.15) is 4.90 Å². The summed E-state index contributed by atoms with van der Waals surface area (Å²) >= 11 is 0. The van der Waals surface area contributed by atoms with Gasteiger partial charge in [0.05, 0.1) is 6.61 Å². The molecule has 0 aliphatic carbocycles. The maximum Gasteiger partial charge on any atom is 0.244 e. The number of hydrogen-bond donors (Lipinski definition) is 1. The van der Waals surface area contributed by atoms with Crippen molar-refractivity contribution in [3.05, 3.63) is 18.0 Å². The van der Waals surface area contributed by atoms with Crippen LogP contribution in [-0.4, -0.2) is 61.5 Å². The Labute approximate surface area is 121 Å². The number of sulfonamides is 1. The van der Waals surface area contributed by atoms with Crippen LogP contribution in [0.4, 0.5) is 0 Å². The third-order valence-corrected chi connectivity index (χ3v) is 5.02. The Balaban J connectivity index is 3.03. The van der Waals surface area contributed by atoms with Gasteiger partial charge in [-0.1, -0.05) is 0 Å². The first kappa shape index (κ1) is 17.2. The Morgan fingerprint density at radius 3 is 2.25 bits per heavy atom. The van der Waals surface area contributed by atoms with E-state index in [2.05, 4.69) is 0 Å². The summed E-state index contributed by atoms with van der Waals surface area (Å²) in [6, 6.07) is 1.65. The average molecular weight is 303 g/mol. The lowest BCUT2D eigenvalue weighted by atomic mass is 10.3. The van der Waals surface area contributed by atoms with Gasteiger partial charge in [-0.05, 0) is 34.0 Å². The minimum absolute atomic E-state index is 0.105. The lowest BCUT2D eigenvalue weighted by Crippen LogP contribution is -2.33. The maximum absolute atomic E-state index is 12.5. The van der Waals surface area contributed by atoms with Crippen molar-refractivity contribution in [3.63, 3.8) is 0 Å². The molecule has 116 valence electrons. The topological polar surface area (TPSA) is 65.8 Å². The van der Waals surface area contributed by atoms with Crippen molar-refractivity contribution in [3.8, 4) is 0 Å². The van der Waals surface area contributed by atoms with Gasteiger partial charge in [0, 0.05) is 38.1 Å². The molecule has 1 N–H and O–H groups in total. The fourth-order valence-electron chi connectivity index (χ4n) is 1.89. The van der Waals surface area contributed by atoms with Crippen LogP contribution in [0.3, 0.4) is 0 Å². The van der Waals surface area contributed by atoms with Crippen LogP contribution in [0.5, 0.6) is 0 Å². The number of rotatable bonds is 7. The quantitative estimate of drug-likeness (QED) is 0.807. The molecule has 0 saturated carbocycles. The first-order valence-corrected chi connectivity index (χ1v) is 8.06. The summed E-state index contributed by atoms with van der Waals surface area (Å²) in [5, 5.41) is 9.33. The number of aliphatic hydroxyl groups excluding tert-OH is 1. The van der Waals surface area contributed by atoms with E-state index in [1.54, 1.807) is 23.9 Å². The second-order valence-corrected chi connectivity index (χ2v) is 7.50. The molecular formula is C13H25N3O3S. The Hall–Kier alpha value is -0.890. The molecule has 0 radical (unpaired) electrons. The largest absolute Gasteiger partial charge is 0.390 e. The smallest absolute Gasteiger partial charge is 0.244 e. The molecule has 7 heteroatoms. The molecule has 1 aromatic rings. The molecule has 0 aliphatic heterocycles. The van der Waals surface area contributed by atoms with Crippen LogP contribution in [0, 0.1) is 0 Å². The van der Waals surface area contributed by atoms with Crippen molar-refractivity contribution in [2.24, 2.45) is 0 Å². The Kier molecular flexibility index (Phi) is 5.76. The van der Waals surface area contributed by atoms with Gasteiger partial charge in [0.15, 0.2) is 0 Å². The van der Waals surface area contributed by atoms with Crippen LogP contribution in [0.25, 0.3) is 0 Å². The van der Waals surface area contributed by atoms with Crippen molar-refractivity contribution >= 4 is 10.0 Å². The van der Waals surface area contributed by atoms with Gasteiger partial charge in [0.25, 0.3) is 0 Å².